The van der Waals surface area contributed by atoms with Crippen LogP contribution in [-0.4, -0.2) is 9.97 Å². The second-order valence-corrected chi connectivity index (χ2v) is 3.62. The molecule has 0 saturated heterocycles. The number of hydrogen-bond donors (Lipinski definition) is 1. The van der Waals surface area contributed by atoms with Gasteiger partial charge in [0, 0.05) is 6.04 Å². The zero-order valence-corrected chi connectivity index (χ0v) is 9.30. The summed E-state index contributed by atoms with van der Waals surface area (Å²) in [5, 5.41) is 0. The molecule has 1 aromatic carbocycles. The Morgan fingerprint density at radius 2 is 1.88 bits per heavy atom. The van der Waals surface area contributed by atoms with Gasteiger partial charge in [0.2, 0.25) is 5.88 Å². The first-order valence-corrected chi connectivity index (χ1v) is 5.16. The molecule has 1 heterocycles. The maximum Gasteiger partial charge on any atom is 0.237 e. The molecule has 0 aliphatic rings. The van der Waals surface area contributed by atoms with Crippen molar-refractivity contribution in [1.82, 2.24) is 9.97 Å². The van der Waals surface area contributed by atoms with Crippen molar-refractivity contribution in [2.75, 3.05) is 0 Å². The summed E-state index contributed by atoms with van der Waals surface area (Å²) in [5.74, 6) is 0.547. The fourth-order valence-electron chi connectivity index (χ4n) is 1.24. The van der Waals surface area contributed by atoms with Crippen LogP contribution in [0, 0.1) is 5.82 Å². The average molecular weight is 233 g/mol. The molecule has 4 nitrogen and oxygen atoms in total. The molecule has 0 radical (unpaired) electrons. The van der Waals surface area contributed by atoms with Crippen LogP contribution in [0.2, 0.25) is 0 Å². The van der Waals surface area contributed by atoms with Gasteiger partial charge in [-0.15, -0.1) is 0 Å². The third-order valence-corrected chi connectivity index (χ3v) is 2.15. The number of hydrogen-bond acceptors (Lipinski definition) is 4. The molecule has 0 bridgehead atoms. The lowest BCUT2D eigenvalue weighted by Gasteiger charge is -2.06. The van der Waals surface area contributed by atoms with Crippen molar-refractivity contribution in [2.45, 2.75) is 13.0 Å². The van der Waals surface area contributed by atoms with Crippen molar-refractivity contribution in [3.05, 3.63) is 48.2 Å². The van der Waals surface area contributed by atoms with Gasteiger partial charge in [-0.05, 0) is 31.2 Å². The van der Waals surface area contributed by atoms with Gasteiger partial charge < -0.3 is 10.5 Å². The Hall–Kier alpha value is -2.01. The van der Waals surface area contributed by atoms with Crippen LogP contribution in [0.25, 0.3) is 0 Å². The van der Waals surface area contributed by atoms with Crippen molar-refractivity contribution in [3.8, 4) is 11.6 Å². The summed E-state index contributed by atoms with van der Waals surface area (Å²) in [6.45, 7) is 1.82. The molecule has 0 amide bonds. The summed E-state index contributed by atoms with van der Waals surface area (Å²) >= 11 is 0. The minimum absolute atomic E-state index is 0.164. The van der Waals surface area contributed by atoms with E-state index in [0.717, 1.165) is 0 Å². The zero-order chi connectivity index (χ0) is 12.3. The van der Waals surface area contributed by atoms with Crippen molar-refractivity contribution in [2.24, 2.45) is 5.73 Å². The molecular formula is C12H12FN3O. The van der Waals surface area contributed by atoms with Crippen LogP contribution >= 0.6 is 0 Å². The number of ether oxygens (including phenoxy) is 1. The molecule has 2 rings (SSSR count). The second-order valence-electron chi connectivity index (χ2n) is 3.62. The number of nitrogens with zero attached hydrogens (tertiary/aromatic N) is 2. The Bertz CT molecular complexity index is 482. The predicted molar refractivity (Wildman–Crippen MR) is 61.1 cm³/mol. The van der Waals surface area contributed by atoms with Gasteiger partial charge in [-0.25, -0.2) is 9.37 Å². The van der Waals surface area contributed by atoms with Crippen LogP contribution in [0.4, 0.5) is 4.39 Å². The van der Waals surface area contributed by atoms with E-state index in [9.17, 15) is 4.39 Å². The van der Waals surface area contributed by atoms with Gasteiger partial charge in [-0.1, -0.05) is 0 Å². The Morgan fingerprint density at radius 1 is 1.18 bits per heavy atom. The van der Waals surface area contributed by atoms with E-state index in [1.54, 1.807) is 6.20 Å². The SMILES string of the molecule is CC(N)c1cnc(Oc2ccc(F)cc2)cn1. The van der Waals surface area contributed by atoms with Crippen LogP contribution < -0.4 is 10.5 Å². The van der Waals surface area contributed by atoms with Crippen LogP contribution in [0.15, 0.2) is 36.7 Å². The predicted octanol–water partition coefficient (Wildman–Crippen LogP) is 2.43. The van der Waals surface area contributed by atoms with E-state index >= 15 is 0 Å². The third-order valence-electron chi connectivity index (χ3n) is 2.15. The third kappa shape index (κ3) is 2.98. The van der Waals surface area contributed by atoms with Crippen LogP contribution in [0.5, 0.6) is 11.6 Å². The van der Waals surface area contributed by atoms with E-state index in [-0.39, 0.29) is 11.9 Å². The molecule has 0 aliphatic carbocycles. The first-order chi connectivity index (χ1) is 8.15. The highest BCUT2D eigenvalue weighted by Crippen LogP contribution is 2.19. The fraction of sp³-hybridized carbons (Fsp3) is 0.167. The van der Waals surface area contributed by atoms with Crippen molar-refractivity contribution >= 4 is 0 Å². The molecule has 0 aliphatic heterocycles. The topological polar surface area (TPSA) is 61.0 Å². The number of halogens is 1. The number of aromatic nitrogens is 2. The van der Waals surface area contributed by atoms with E-state index in [0.29, 0.717) is 17.3 Å². The van der Waals surface area contributed by atoms with Crippen molar-refractivity contribution < 1.29 is 9.13 Å². The Labute approximate surface area is 98.3 Å². The smallest absolute Gasteiger partial charge is 0.237 e. The summed E-state index contributed by atoms with van der Waals surface area (Å²) in [6.07, 6.45) is 3.05. The fourth-order valence-corrected chi connectivity index (χ4v) is 1.24. The molecule has 0 saturated carbocycles. The first kappa shape index (κ1) is 11.5. The minimum atomic E-state index is -0.310. The lowest BCUT2D eigenvalue weighted by molar-refractivity contribution is 0.457. The molecule has 1 aromatic heterocycles. The van der Waals surface area contributed by atoms with Crippen LogP contribution in [-0.2, 0) is 0 Å². The zero-order valence-electron chi connectivity index (χ0n) is 9.30. The standard InChI is InChI=1S/C12H12FN3O/c1-8(14)11-6-16-12(7-15-11)17-10-4-2-9(13)3-5-10/h2-8H,14H2,1H3. The normalized spacial score (nSPS) is 12.2. The largest absolute Gasteiger partial charge is 0.438 e. The monoisotopic (exact) mass is 233 g/mol. The summed E-state index contributed by atoms with van der Waals surface area (Å²) < 4.78 is 18.1. The maximum atomic E-state index is 12.7. The van der Waals surface area contributed by atoms with Crippen LogP contribution in [0.3, 0.4) is 0 Å². The maximum absolute atomic E-state index is 12.7. The number of nitrogens with two attached hydrogens (primary N) is 1. The van der Waals surface area contributed by atoms with Gasteiger partial charge in [0.15, 0.2) is 0 Å². The summed E-state index contributed by atoms with van der Waals surface area (Å²) in [6, 6.07) is 5.52. The molecule has 1 unspecified atom stereocenters. The molecule has 17 heavy (non-hydrogen) atoms. The van der Waals surface area contributed by atoms with Gasteiger partial charge in [-0.2, -0.15) is 0 Å². The van der Waals surface area contributed by atoms with Gasteiger partial charge >= 0.3 is 0 Å². The number of rotatable bonds is 3. The first-order valence-electron chi connectivity index (χ1n) is 5.16. The number of benzene rings is 1. The quantitative estimate of drug-likeness (QED) is 0.884. The van der Waals surface area contributed by atoms with Crippen molar-refractivity contribution in [3.63, 3.8) is 0 Å². The van der Waals surface area contributed by atoms with E-state index in [4.69, 9.17) is 10.5 Å². The minimum Gasteiger partial charge on any atom is -0.438 e. The van der Waals surface area contributed by atoms with Gasteiger partial charge in [0.05, 0.1) is 18.1 Å². The Kier molecular flexibility index (Phi) is 3.30. The van der Waals surface area contributed by atoms with Crippen LogP contribution in [0.1, 0.15) is 18.7 Å². The average Bonchev–Trinajstić information content (AvgIpc) is 2.33. The molecule has 5 heteroatoms. The Balaban J connectivity index is 2.11. The molecule has 0 spiro atoms. The Morgan fingerprint density at radius 3 is 2.41 bits per heavy atom. The van der Waals surface area contributed by atoms with Crippen molar-refractivity contribution in [1.29, 1.82) is 0 Å². The highest BCUT2D eigenvalue weighted by atomic mass is 19.1. The summed E-state index contributed by atoms with van der Waals surface area (Å²) in [4.78, 5) is 8.16. The molecule has 0 fully saturated rings. The summed E-state index contributed by atoms with van der Waals surface area (Å²) in [7, 11) is 0. The molecule has 1 atom stereocenters. The highest BCUT2D eigenvalue weighted by Gasteiger charge is 2.03. The van der Waals surface area contributed by atoms with Gasteiger partial charge in [0.1, 0.15) is 11.6 Å². The molecular weight excluding hydrogens is 221 g/mol. The summed E-state index contributed by atoms with van der Waals surface area (Å²) in [5.41, 5.74) is 6.34. The highest BCUT2D eigenvalue weighted by molar-refractivity contribution is 5.26. The van der Waals surface area contributed by atoms with E-state index < -0.39 is 0 Å². The lowest BCUT2D eigenvalue weighted by Crippen LogP contribution is -2.07. The lowest BCUT2D eigenvalue weighted by atomic mass is 10.3. The van der Waals surface area contributed by atoms with Gasteiger partial charge in [0.25, 0.3) is 0 Å². The van der Waals surface area contributed by atoms with E-state index in [2.05, 4.69) is 9.97 Å². The molecule has 2 N–H and O–H groups in total. The van der Waals surface area contributed by atoms with Gasteiger partial charge in [-0.3, -0.25) is 4.98 Å². The van der Waals surface area contributed by atoms with E-state index in [1.165, 1.54) is 30.5 Å². The molecule has 2 aromatic rings. The molecule has 88 valence electrons. The van der Waals surface area contributed by atoms with E-state index in [1.807, 2.05) is 6.92 Å². The second kappa shape index (κ2) is 4.88.